The number of ether oxygens (including phenoxy) is 1. The van der Waals surface area contributed by atoms with Crippen molar-refractivity contribution in [2.45, 2.75) is 64.1 Å². The van der Waals surface area contributed by atoms with Crippen molar-refractivity contribution in [1.29, 1.82) is 0 Å². The molecule has 0 saturated heterocycles. The molecule has 0 fully saturated rings. The molecule has 4 aromatic rings. The van der Waals surface area contributed by atoms with Gasteiger partial charge in [-0.05, 0) is 81.1 Å². The molecule has 1 atom stereocenters. The van der Waals surface area contributed by atoms with Gasteiger partial charge in [-0.3, -0.25) is 13.9 Å². The Kier molecular flexibility index (Phi) is 10.9. The monoisotopic (exact) mass is 641 g/mol. The largest absolute Gasteiger partial charge is 0.495 e. The number of hydrogen-bond donors (Lipinski definition) is 1. The predicted molar refractivity (Wildman–Crippen MR) is 182 cm³/mol. The summed E-state index contributed by atoms with van der Waals surface area (Å²) in [4.78, 5) is 30.3. The Morgan fingerprint density at radius 2 is 1.46 bits per heavy atom. The molecule has 0 heterocycles. The number of rotatable bonds is 12. The number of hydrogen-bond acceptors (Lipinski definition) is 5. The van der Waals surface area contributed by atoms with Crippen LogP contribution in [0.1, 0.15) is 43.0 Å². The van der Waals surface area contributed by atoms with E-state index in [9.17, 15) is 18.0 Å². The second kappa shape index (κ2) is 14.6. The van der Waals surface area contributed by atoms with Crippen LogP contribution < -0.4 is 14.4 Å². The second-order valence-corrected chi connectivity index (χ2v) is 14.3. The molecule has 0 radical (unpaired) electrons. The van der Waals surface area contributed by atoms with E-state index in [2.05, 4.69) is 5.32 Å². The number of anilines is 1. The summed E-state index contributed by atoms with van der Waals surface area (Å²) in [6, 6.07) is 29.4. The number of benzene rings is 4. The third-order valence-electron chi connectivity index (χ3n) is 7.58. The smallest absolute Gasteiger partial charge is 0.264 e. The van der Waals surface area contributed by atoms with Crippen LogP contribution in [0.2, 0.25) is 0 Å². The van der Waals surface area contributed by atoms with Crippen molar-refractivity contribution < 1.29 is 22.7 Å². The summed E-state index contributed by atoms with van der Waals surface area (Å²) in [7, 11) is -2.78. The lowest BCUT2D eigenvalue weighted by Gasteiger charge is -2.35. The first kappa shape index (κ1) is 34.2. The molecule has 0 aliphatic rings. The highest BCUT2D eigenvalue weighted by Crippen LogP contribution is 2.34. The standard InChI is InChI=1S/C37H43N3O5S/c1-27-21-22-34(45-6)32(23-27)40(46(43,44)31-19-11-8-12-20-31)26-35(41)39(25-30-18-14-13-15-28(30)2)33(36(42)38-37(3,4)5)24-29-16-9-7-10-17-29/h7-23,33H,24-26H2,1-6H3,(H,38,42)/t33-/m1/s1. The summed E-state index contributed by atoms with van der Waals surface area (Å²) >= 11 is 0. The first-order chi connectivity index (χ1) is 21.8. The van der Waals surface area contributed by atoms with Crippen molar-refractivity contribution in [2.24, 2.45) is 0 Å². The number of sulfonamides is 1. The van der Waals surface area contributed by atoms with Crippen molar-refractivity contribution >= 4 is 27.5 Å². The van der Waals surface area contributed by atoms with Crippen LogP contribution in [0.3, 0.4) is 0 Å². The van der Waals surface area contributed by atoms with Crippen LogP contribution in [0, 0.1) is 13.8 Å². The van der Waals surface area contributed by atoms with Gasteiger partial charge in [-0.2, -0.15) is 0 Å². The van der Waals surface area contributed by atoms with Crippen LogP contribution in [0.5, 0.6) is 5.75 Å². The van der Waals surface area contributed by atoms with Crippen molar-refractivity contribution in [3.05, 3.63) is 125 Å². The quantitative estimate of drug-likeness (QED) is 0.203. The molecule has 0 aliphatic carbocycles. The average molecular weight is 642 g/mol. The van der Waals surface area contributed by atoms with Crippen molar-refractivity contribution in [2.75, 3.05) is 18.0 Å². The Hall–Kier alpha value is -4.63. The molecule has 4 rings (SSSR count). The van der Waals surface area contributed by atoms with Gasteiger partial charge in [-0.1, -0.05) is 78.9 Å². The van der Waals surface area contributed by atoms with Crippen molar-refractivity contribution in [1.82, 2.24) is 10.2 Å². The van der Waals surface area contributed by atoms with Gasteiger partial charge in [0, 0.05) is 18.5 Å². The fraction of sp³-hybridized carbons (Fsp3) is 0.297. The van der Waals surface area contributed by atoms with Crippen LogP contribution in [0.4, 0.5) is 5.69 Å². The molecule has 4 aromatic carbocycles. The first-order valence-electron chi connectivity index (χ1n) is 15.2. The highest BCUT2D eigenvalue weighted by molar-refractivity contribution is 7.92. The van der Waals surface area contributed by atoms with Gasteiger partial charge in [-0.25, -0.2) is 8.42 Å². The zero-order valence-corrected chi connectivity index (χ0v) is 28.2. The van der Waals surface area contributed by atoms with Gasteiger partial charge in [0.2, 0.25) is 11.8 Å². The Morgan fingerprint density at radius 3 is 2.07 bits per heavy atom. The summed E-state index contributed by atoms with van der Waals surface area (Å²) in [5, 5.41) is 3.06. The number of carbonyl (C=O) groups excluding carboxylic acids is 2. The van der Waals surface area contributed by atoms with Crippen molar-refractivity contribution in [3.63, 3.8) is 0 Å². The zero-order chi connectivity index (χ0) is 33.5. The highest BCUT2D eigenvalue weighted by Gasteiger charge is 2.36. The summed E-state index contributed by atoms with van der Waals surface area (Å²) in [6.07, 6.45) is 0.236. The van der Waals surface area contributed by atoms with Crippen LogP contribution in [-0.4, -0.2) is 50.4 Å². The first-order valence-corrected chi connectivity index (χ1v) is 16.7. The molecule has 0 aliphatic heterocycles. The average Bonchev–Trinajstić information content (AvgIpc) is 3.02. The van der Waals surface area contributed by atoms with Crippen LogP contribution in [0.15, 0.2) is 108 Å². The third-order valence-corrected chi connectivity index (χ3v) is 9.36. The molecule has 0 bridgehead atoms. The maximum Gasteiger partial charge on any atom is 0.264 e. The van der Waals surface area contributed by atoms with E-state index in [1.54, 1.807) is 30.3 Å². The molecule has 46 heavy (non-hydrogen) atoms. The minimum atomic E-state index is -4.24. The minimum Gasteiger partial charge on any atom is -0.495 e. The van der Waals surface area contributed by atoms with Gasteiger partial charge in [-0.15, -0.1) is 0 Å². The van der Waals surface area contributed by atoms with Gasteiger partial charge in [0.1, 0.15) is 18.3 Å². The number of carbonyl (C=O) groups is 2. The Balaban J connectivity index is 1.87. The fourth-order valence-electron chi connectivity index (χ4n) is 5.21. The molecule has 9 heteroatoms. The lowest BCUT2D eigenvalue weighted by atomic mass is 10.00. The molecule has 0 aromatic heterocycles. The van der Waals surface area contributed by atoms with E-state index in [1.807, 2.05) is 95.3 Å². The molecule has 8 nitrogen and oxygen atoms in total. The van der Waals surface area contributed by atoms with Crippen molar-refractivity contribution in [3.8, 4) is 5.75 Å². The number of nitrogens with one attached hydrogen (secondary N) is 1. The maximum atomic E-state index is 14.7. The Morgan fingerprint density at radius 1 is 0.848 bits per heavy atom. The number of aryl methyl sites for hydroxylation is 2. The van der Waals surface area contributed by atoms with Crippen LogP contribution >= 0.6 is 0 Å². The molecule has 0 unspecified atom stereocenters. The van der Waals surface area contributed by atoms with E-state index in [1.165, 1.54) is 24.1 Å². The molecule has 0 saturated carbocycles. The lowest BCUT2D eigenvalue weighted by Crippen LogP contribution is -2.56. The van der Waals surface area contributed by atoms with Gasteiger partial charge < -0.3 is 15.0 Å². The van der Waals surface area contributed by atoms with Gasteiger partial charge in [0.05, 0.1) is 17.7 Å². The second-order valence-electron chi connectivity index (χ2n) is 12.4. The molecule has 1 N–H and O–H groups in total. The number of amides is 2. The van der Waals surface area contributed by atoms with E-state index in [-0.39, 0.29) is 29.5 Å². The summed E-state index contributed by atoms with van der Waals surface area (Å²) in [5.41, 5.74) is 3.12. The number of nitrogens with zero attached hydrogens (tertiary/aromatic N) is 2. The van der Waals surface area contributed by atoms with Crippen LogP contribution in [0.25, 0.3) is 0 Å². The van der Waals surface area contributed by atoms with Gasteiger partial charge >= 0.3 is 0 Å². The summed E-state index contributed by atoms with van der Waals surface area (Å²) in [6.45, 7) is 8.99. The molecular weight excluding hydrogens is 598 g/mol. The lowest BCUT2D eigenvalue weighted by molar-refractivity contribution is -0.140. The normalized spacial score (nSPS) is 12.2. The fourth-order valence-corrected chi connectivity index (χ4v) is 6.64. The highest BCUT2D eigenvalue weighted by atomic mass is 32.2. The molecule has 242 valence electrons. The van der Waals surface area contributed by atoms with E-state index < -0.39 is 34.1 Å². The molecule has 2 amide bonds. The summed E-state index contributed by atoms with van der Waals surface area (Å²) in [5.74, 6) is -0.560. The van der Waals surface area contributed by atoms with E-state index in [0.29, 0.717) is 5.75 Å². The Bertz CT molecular complexity index is 1750. The number of methoxy groups -OCH3 is 1. The molecular formula is C37H43N3O5S. The topological polar surface area (TPSA) is 96.0 Å². The molecule has 0 spiro atoms. The minimum absolute atomic E-state index is 0.0307. The predicted octanol–water partition coefficient (Wildman–Crippen LogP) is 6.06. The van der Waals surface area contributed by atoms with E-state index in [0.717, 1.165) is 26.6 Å². The van der Waals surface area contributed by atoms with E-state index in [4.69, 9.17) is 4.74 Å². The van der Waals surface area contributed by atoms with E-state index >= 15 is 0 Å². The zero-order valence-electron chi connectivity index (χ0n) is 27.4. The van der Waals surface area contributed by atoms with Crippen LogP contribution in [-0.2, 0) is 32.6 Å². The third kappa shape index (κ3) is 8.54. The van der Waals surface area contributed by atoms with Gasteiger partial charge in [0.25, 0.3) is 10.0 Å². The SMILES string of the molecule is COc1ccc(C)cc1N(CC(=O)N(Cc1ccccc1C)[C@H](Cc1ccccc1)C(=O)NC(C)(C)C)S(=O)(=O)c1ccccc1. The maximum absolute atomic E-state index is 14.7. The Labute approximate surface area is 273 Å². The summed E-state index contributed by atoms with van der Waals surface area (Å²) < 4.78 is 35.2. The van der Waals surface area contributed by atoms with Gasteiger partial charge in [0.15, 0.2) is 0 Å².